The van der Waals surface area contributed by atoms with Crippen LogP contribution in [0.3, 0.4) is 0 Å². The van der Waals surface area contributed by atoms with Crippen LogP contribution in [0.5, 0.6) is 0 Å². The van der Waals surface area contributed by atoms with Gasteiger partial charge in [0.05, 0.1) is 0 Å². The van der Waals surface area contributed by atoms with Crippen LogP contribution in [0.15, 0.2) is 18.3 Å². The van der Waals surface area contributed by atoms with Crippen LogP contribution in [0.2, 0.25) is 0 Å². The van der Waals surface area contributed by atoms with E-state index in [2.05, 4.69) is 18.8 Å². The first-order valence-corrected chi connectivity index (χ1v) is 6.78. The molecule has 0 unspecified atom stereocenters. The van der Waals surface area contributed by atoms with Crippen LogP contribution in [0.4, 0.5) is 13.2 Å². The lowest BCUT2D eigenvalue weighted by atomic mass is 9.72. The second-order valence-corrected chi connectivity index (χ2v) is 6.36. The SMILES string of the molecule is CC1(C)CCC(Cc2ccc(C(F)(F)F)nc2)CC1. The molecule has 0 saturated heterocycles. The van der Waals surface area contributed by atoms with Crippen molar-refractivity contribution in [3.8, 4) is 0 Å². The second-order valence-electron chi connectivity index (χ2n) is 6.36. The molecule has 1 aromatic rings. The van der Waals surface area contributed by atoms with Gasteiger partial charge in [-0.2, -0.15) is 13.2 Å². The fraction of sp³-hybridized carbons (Fsp3) is 0.667. The molecule has 0 spiro atoms. The van der Waals surface area contributed by atoms with Crippen molar-refractivity contribution in [1.29, 1.82) is 0 Å². The van der Waals surface area contributed by atoms with Gasteiger partial charge in [-0.15, -0.1) is 0 Å². The van der Waals surface area contributed by atoms with Crippen molar-refractivity contribution in [2.45, 2.75) is 52.1 Å². The Morgan fingerprint density at radius 3 is 2.32 bits per heavy atom. The third kappa shape index (κ3) is 3.95. The Kier molecular flexibility index (Phi) is 3.88. The smallest absolute Gasteiger partial charge is 0.252 e. The third-order valence-corrected chi connectivity index (χ3v) is 4.10. The summed E-state index contributed by atoms with van der Waals surface area (Å²) >= 11 is 0. The molecule has 2 rings (SSSR count). The van der Waals surface area contributed by atoms with Gasteiger partial charge in [0.25, 0.3) is 0 Å². The lowest BCUT2D eigenvalue weighted by Gasteiger charge is -2.34. The van der Waals surface area contributed by atoms with Crippen LogP contribution in [-0.2, 0) is 12.6 Å². The number of halogens is 3. The molecule has 106 valence electrons. The summed E-state index contributed by atoms with van der Waals surface area (Å²) in [5.74, 6) is 0.589. The van der Waals surface area contributed by atoms with Gasteiger partial charge in [0, 0.05) is 6.20 Å². The minimum atomic E-state index is -4.34. The molecule has 0 aliphatic heterocycles. The minimum Gasteiger partial charge on any atom is -0.252 e. The molecule has 1 heterocycles. The molecule has 0 amide bonds. The molecular formula is C15H20F3N. The van der Waals surface area contributed by atoms with E-state index < -0.39 is 11.9 Å². The zero-order chi connectivity index (χ0) is 14.1. The molecule has 1 fully saturated rings. The van der Waals surface area contributed by atoms with Crippen molar-refractivity contribution in [1.82, 2.24) is 4.98 Å². The summed E-state index contributed by atoms with van der Waals surface area (Å²) in [6.45, 7) is 4.56. The van der Waals surface area contributed by atoms with Crippen LogP contribution in [0.1, 0.15) is 50.8 Å². The Balaban J connectivity index is 1.94. The predicted molar refractivity (Wildman–Crippen MR) is 68.7 cm³/mol. The molecule has 0 aromatic carbocycles. The van der Waals surface area contributed by atoms with E-state index in [-0.39, 0.29) is 0 Å². The van der Waals surface area contributed by atoms with Crippen LogP contribution >= 0.6 is 0 Å². The first kappa shape index (κ1) is 14.4. The maximum Gasteiger partial charge on any atom is 0.433 e. The zero-order valence-corrected chi connectivity index (χ0v) is 11.4. The van der Waals surface area contributed by atoms with Gasteiger partial charge < -0.3 is 0 Å². The van der Waals surface area contributed by atoms with E-state index in [4.69, 9.17) is 0 Å². The maximum absolute atomic E-state index is 12.4. The number of nitrogens with zero attached hydrogens (tertiary/aromatic N) is 1. The van der Waals surface area contributed by atoms with Crippen molar-refractivity contribution < 1.29 is 13.2 Å². The van der Waals surface area contributed by atoms with Crippen LogP contribution in [0.25, 0.3) is 0 Å². The van der Waals surface area contributed by atoms with Crippen molar-refractivity contribution >= 4 is 0 Å². The van der Waals surface area contributed by atoms with Crippen molar-refractivity contribution in [3.05, 3.63) is 29.6 Å². The quantitative estimate of drug-likeness (QED) is 0.748. The lowest BCUT2D eigenvalue weighted by Crippen LogP contribution is -2.22. The Bertz CT molecular complexity index is 410. The number of alkyl halides is 3. The summed E-state index contributed by atoms with van der Waals surface area (Å²) < 4.78 is 37.2. The van der Waals surface area contributed by atoms with E-state index in [9.17, 15) is 13.2 Å². The first-order chi connectivity index (χ1) is 8.76. The topological polar surface area (TPSA) is 12.9 Å². The van der Waals surface area contributed by atoms with E-state index >= 15 is 0 Å². The fourth-order valence-electron chi connectivity index (χ4n) is 2.71. The highest BCUT2D eigenvalue weighted by atomic mass is 19.4. The van der Waals surface area contributed by atoms with Crippen molar-refractivity contribution in [3.63, 3.8) is 0 Å². The van der Waals surface area contributed by atoms with Crippen LogP contribution in [0, 0.1) is 11.3 Å². The van der Waals surface area contributed by atoms with E-state index in [1.807, 2.05) is 0 Å². The van der Waals surface area contributed by atoms with Gasteiger partial charge in [0.2, 0.25) is 0 Å². The first-order valence-electron chi connectivity index (χ1n) is 6.78. The van der Waals surface area contributed by atoms with E-state index in [1.54, 1.807) is 6.07 Å². The average Bonchev–Trinajstić information content (AvgIpc) is 2.31. The second kappa shape index (κ2) is 5.14. The number of hydrogen-bond acceptors (Lipinski definition) is 1. The molecule has 1 aliphatic carbocycles. The van der Waals surface area contributed by atoms with Crippen LogP contribution < -0.4 is 0 Å². The molecule has 19 heavy (non-hydrogen) atoms. The monoisotopic (exact) mass is 271 g/mol. The number of pyridine rings is 1. The van der Waals surface area contributed by atoms with E-state index in [0.29, 0.717) is 11.3 Å². The molecule has 0 bridgehead atoms. The molecule has 1 nitrogen and oxygen atoms in total. The summed E-state index contributed by atoms with van der Waals surface area (Å²) in [5.41, 5.74) is 0.535. The molecular weight excluding hydrogens is 251 g/mol. The minimum absolute atomic E-state index is 0.425. The van der Waals surface area contributed by atoms with Gasteiger partial charge in [0.1, 0.15) is 5.69 Å². The van der Waals surface area contributed by atoms with Gasteiger partial charge in [0.15, 0.2) is 0 Å². The standard InChI is InChI=1S/C15H20F3N/c1-14(2)7-5-11(6-8-14)9-12-3-4-13(19-10-12)15(16,17)18/h3-4,10-11H,5-9H2,1-2H3. The highest BCUT2D eigenvalue weighted by Gasteiger charge is 2.32. The van der Waals surface area contributed by atoms with Crippen molar-refractivity contribution in [2.75, 3.05) is 0 Å². The summed E-state index contributed by atoms with van der Waals surface area (Å²) in [7, 11) is 0. The molecule has 1 aromatic heterocycles. The van der Waals surface area contributed by atoms with Gasteiger partial charge in [-0.05, 0) is 55.1 Å². The van der Waals surface area contributed by atoms with Crippen molar-refractivity contribution in [2.24, 2.45) is 11.3 Å². The predicted octanol–water partition coefficient (Wildman–Crippen LogP) is 4.86. The summed E-state index contributed by atoms with van der Waals surface area (Å²) in [6.07, 6.45) is 2.61. The largest absolute Gasteiger partial charge is 0.433 e. The highest BCUT2D eigenvalue weighted by molar-refractivity contribution is 5.16. The number of rotatable bonds is 2. The molecule has 0 atom stereocenters. The van der Waals surface area contributed by atoms with E-state index in [1.165, 1.54) is 19.0 Å². The normalized spacial score (nSPS) is 20.5. The molecule has 0 N–H and O–H groups in total. The third-order valence-electron chi connectivity index (χ3n) is 4.10. The van der Waals surface area contributed by atoms with Gasteiger partial charge >= 0.3 is 6.18 Å². The van der Waals surface area contributed by atoms with Gasteiger partial charge in [-0.1, -0.05) is 19.9 Å². The Morgan fingerprint density at radius 2 is 1.84 bits per heavy atom. The summed E-state index contributed by atoms with van der Waals surface area (Å²) in [4.78, 5) is 3.52. The Morgan fingerprint density at radius 1 is 1.21 bits per heavy atom. The molecule has 0 radical (unpaired) electrons. The Hall–Kier alpha value is -1.06. The summed E-state index contributed by atoms with van der Waals surface area (Å²) in [6, 6.07) is 2.65. The van der Waals surface area contributed by atoms with Gasteiger partial charge in [-0.3, -0.25) is 4.98 Å². The molecule has 1 saturated carbocycles. The van der Waals surface area contributed by atoms with E-state index in [0.717, 1.165) is 30.9 Å². The highest BCUT2D eigenvalue weighted by Crippen LogP contribution is 2.39. The van der Waals surface area contributed by atoms with Crippen LogP contribution in [-0.4, -0.2) is 4.98 Å². The maximum atomic E-state index is 12.4. The summed E-state index contributed by atoms with van der Waals surface area (Å²) in [5, 5.41) is 0. The van der Waals surface area contributed by atoms with Gasteiger partial charge in [-0.25, -0.2) is 0 Å². The fourth-order valence-corrected chi connectivity index (χ4v) is 2.71. The molecule has 1 aliphatic rings. The zero-order valence-electron chi connectivity index (χ0n) is 11.4. The average molecular weight is 271 g/mol. The Labute approximate surface area is 112 Å². The lowest BCUT2D eigenvalue weighted by molar-refractivity contribution is -0.141. The molecule has 4 heteroatoms. The number of aromatic nitrogens is 1. The number of hydrogen-bond donors (Lipinski definition) is 0.